The van der Waals surface area contributed by atoms with Crippen LogP contribution in [-0.4, -0.2) is 81.4 Å². The van der Waals surface area contributed by atoms with E-state index in [2.05, 4.69) is 16.7 Å². The summed E-state index contributed by atoms with van der Waals surface area (Å²) in [5.41, 5.74) is 1.84. The zero-order valence-corrected chi connectivity index (χ0v) is 21.2. The molecule has 2 aromatic rings. The summed E-state index contributed by atoms with van der Waals surface area (Å²) in [6.45, 7) is 9.68. The summed E-state index contributed by atoms with van der Waals surface area (Å²) in [5.74, 6) is 0.473. The highest BCUT2D eigenvalue weighted by Gasteiger charge is 2.35. The molecule has 3 aliphatic heterocycles. The molecule has 0 radical (unpaired) electrons. The average molecular weight is 500 g/mol. The number of hydrogen-bond acceptors (Lipinski definition) is 8. The smallest absolute Gasteiger partial charge is 0.267 e. The van der Waals surface area contributed by atoms with Crippen LogP contribution in [0.15, 0.2) is 28.0 Å². The van der Waals surface area contributed by atoms with Gasteiger partial charge in [-0.1, -0.05) is 37.0 Å². The SMILES string of the molecule is CCN1CCN(c2nc3c(C)cccn3c(=O)c2/C=C2/SC(=S)N(C[C@H]3CCCO3)C2=O)CC1. The summed E-state index contributed by atoms with van der Waals surface area (Å²) in [6.07, 6.45) is 5.38. The molecular formula is C24H29N5O3S2. The number of ether oxygens (including phenoxy) is 1. The second-order valence-electron chi connectivity index (χ2n) is 8.89. The molecular weight excluding hydrogens is 470 g/mol. The molecule has 3 aliphatic rings. The first-order chi connectivity index (χ1) is 16.5. The summed E-state index contributed by atoms with van der Waals surface area (Å²) in [7, 11) is 0. The van der Waals surface area contributed by atoms with E-state index in [1.165, 1.54) is 11.8 Å². The number of amides is 1. The summed E-state index contributed by atoms with van der Waals surface area (Å²) >= 11 is 6.76. The molecule has 34 heavy (non-hydrogen) atoms. The van der Waals surface area contributed by atoms with Gasteiger partial charge in [0.15, 0.2) is 0 Å². The quantitative estimate of drug-likeness (QED) is 0.459. The molecule has 1 amide bonds. The molecule has 5 rings (SSSR count). The number of carbonyl (C=O) groups is 1. The second-order valence-corrected chi connectivity index (χ2v) is 10.6. The minimum Gasteiger partial charge on any atom is -0.376 e. The number of aryl methyl sites for hydroxylation is 1. The highest BCUT2D eigenvalue weighted by molar-refractivity contribution is 8.26. The third-order valence-corrected chi connectivity index (χ3v) is 8.12. The highest BCUT2D eigenvalue weighted by Crippen LogP contribution is 2.34. The molecule has 0 aliphatic carbocycles. The largest absolute Gasteiger partial charge is 0.376 e. The van der Waals surface area contributed by atoms with E-state index in [1.807, 2.05) is 19.1 Å². The zero-order valence-electron chi connectivity index (χ0n) is 19.5. The van der Waals surface area contributed by atoms with E-state index in [9.17, 15) is 9.59 Å². The first kappa shape index (κ1) is 23.5. The summed E-state index contributed by atoms with van der Waals surface area (Å²) in [5, 5.41) is 0. The third-order valence-electron chi connectivity index (χ3n) is 6.74. The van der Waals surface area contributed by atoms with Gasteiger partial charge in [0, 0.05) is 39.0 Å². The van der Waals surface area contributed by atoms with Crippen LogP contribution in [0.25, 0.3) is 11.7 Å². The number of nitrogens with zero attached hydrogens (tertiary/aromatic N) is 5. The molecule has 0 aromatic carbocycles. The van der Waals surface area contributed by atoms with Crippen molar-refractivity contribution in [2.24, 2.45) is 0 Å². The van der Waals surface area contributed by atoms with E-state index in [0.717, 1.165) is 57.7 Å². The van der Waals surface area contributed by atoms with Crippen molar-refractivity contribution in [2.45, 2.75) is 32.8 Å². The number of aromatic nitrogens is 2. The van der Waals surface area contributed by atoms with Gasteiger partial charge in [0.05, 0.1) is 23.1 Å². The van der Waals surface area contributed by atoms with Gasteiger partial charge >= 0.3 is 0 Å². The number of carbonyl (C=O) groups excluding carboxylic acids is 1. The van der Waals surface area contributed by atoms with E-state index in [4.69, 9.17) is 21.9 Å². The number of pyridine rings is 1. The minimum absolute atomic E-state index is 0.0169. The Balaban J connectivity index is 1.55. The van der Waals surface area contributed by atoms with Gasteiger partial charge in [-0.25, -0.2) is 4.98 Å². The lowest BCUT2D eigenvalue weighted by Gasteiger charge is -2.35. The van der Waals surface area contributed by atoms with Crippen LogP contribution < -0.4 is 10.5 Å². The lowest BCUT2D eigenvalue weighted by molar-refractivity contribution is -0.123. The predicted molar refractivity (Wildman–Crippen MR) is 139 cm³/mol. The highest BCUT2D eigenvalue weighted by atomic mass is 32.2. The van der Waals surface area contributed by atoms with Crippen LogP contribution in [0.3, 0.4) is 0 Å². The van der Waals surface area contributed by atoms with E-state index in [0.29, 0.717) is 32.8 Å². The number of thiocarbonyl (C=S) groups is 1. The van der Waals surface area contributed by atoms with Crippen LogP contribution >= 0.6 is 24.0 Å². The molecule has 2 aromatic heterocycles. The molecule has 8 nitrogen and oxygen atoms in total. The van der Waals surface area contributed by atoms with Gasteiger partial charge in [0.1, 0.15) is 15.8 Å². The van der Waals surface area contributed by atoms with E-state index in [1.54, 1.807) is 21.6 Å². The Labute approximate surface area is 208 Å². The maximum atomic E-state index is 13.7. The molecule has 3 saturated heterocycles. The molecule has 5 heterocycles. The Morgan fingerprint density at radius 1 is 1.26 bits per heavy atom. The Morgan fingerprint density at radius 3 is 2.76 bits per heavy atom. The van der Waals surface area contributed by atoms with E-state index < -0.39 is 0 Å². The molecule has 0 spiro atoms. The average Bonchev–Trinajstić information content (AvgIpc) is 3.45. The Kier molecular flexibility index (Phi) is 6.74. The second kappa shape index (κ2) is 9.77. The molecule has 0 bridgehead atoms. The van der Waals surface area contributed by atoms with Crippen molar-refractivity contribution in [3.8, 4) is 0 Å². The number of rotatable bonds is 5. The van der Waals surface area contributed by atoms with E-state index in [-0.39, 0.29) is 17.6 Å². The number of piperazine rings is 1. The van der Waals surface area contributed by atoms with Crippen LogP contribution in [-0.2, 0) is 9.53 Å². The summed E-state index contributed by atoms with van der Waals surface area (Å²) in [4.78, 5) is 38.5. The van der Waals surface area contributed by atoms with Gasteiger partial charge in [0.2, 0.25) is 0 Å². The number of fused-ring (bicyclic) bond motifs is 1. The van der Waals surface area contributed by atoms with Gasteiger partial charge in [-0.3, -0.25) is 18.9 Å². The summed E-state index contributed by atoms with van der Waals surface area (Å²) < 4.78 is 7.78. The molecule has 0 N–H and O–H groups in total. The molecule has 0 saturated carbocycles. The maximum Gasteiger partial charge on any atom is 0.267 e. The fourth-order valence-electron chi connectivity index (χ4n) is 4.72. The third kappa shape index (κ3) is 4.39. The van der Waals surface area contributed by atoms with Crippen LogP contribution in [0.5, 0.6) is 0 Å². The van der Waals surface area contributed by atoms with Gasteiger partial charge < -0.3 is 14.5 Å². The Hall–Kier alpha value is -2.27. The first-order valence-corrected chi connectivity index (χ1v) is 13.0. The van der Waals surface area contributed by atoms with Gasteiger partial charge in [-0.2, -0.15) is 0 Å². The Bertz CT molecular complexity index is 1210. The lowest BCUT2D eigenvalue weighted by Crippen LogP contribution is -2.47. The van der Waals surface area contributed by atoms with Crippen LogP contribution in [0.4, 0.5) is 5.82 Å². The van der Waals surface area contributed by atoms with Crippen LogP contribution in [0, 0.1) is 6.92 Å². The van der Waals surface area contributed by atoms with Crippen molar-refractivity contribution in [2.75, 3.05) is 50.8 Å². The maximum absolute atomic E-state index is 13.7. The Morgan fingerprint density at radius 2 is 2.06 bits per heavy atom. The lowest BCUT2D eigenvalue weighted by atomic mass is 10.2. The van der Waals surface area contributed by atoms with Crippen molar-refractivity contribution < 1.29 is 9.53 Å². The molecule has 1 atom stereocenters. The number of likely N-dealkylation sites (N-methyl/N-ethyl adjacent to an activating group) is 1. The van der Waals surface area contributed by atoms with Crippen LogP contribution in [0.2, 0.25) is 0 Å². The number of hydrogen-bond donors (Lipinski definition) is 0. The monoisotopic (exact) mass is 499 g/mol. The van der Waals surface area contributed by atoms with Crippen molar-refractivity contribution in [3.63, 3.8) is 0 Å². The molecule has 0 unspecified atom stereocenters. The van der Waals surface area contributed by atoms with Crippen molar-refractivity contribution in [1.82, 2.24) is 19.2 Å². The van der Waals surface area contributed by atoms with Crippen LogP contribution in [0.1, 0.15) is 30.9 Å². The van der Waals surface area contributed by atoms with Crippen molar-refractivity contribution in [3.05, 3.63) is 44.7 Å². The predicted octanol–water partition coefficient (Wildman–Crippen LogP) is 2.53. The fourth-order valence-corrected chi connectivity index (χ4v) is 5.98. The fraction of sp³-hybridized carbons (Fsp3) is 0.500. The van der Waals surface area contributed by atoms with Gasteiger partial charge in [-0.05, 0) is 44.0 Å². The zero-order chi connectivity index (χ0) is 23.8. The number of thioether (sulfide) groups is 1. The molecule has 3 fully saturated rings. The first-order valence-electron chi connectivity index (χ1n) is 11.8. The van der Waals surface area contributed by atoms with Gasteiger partial charge in [0.25, 0.3) is 11.5 Å². The standard InChI is InChI=1S/C24H29N5O3S2/c1-3-26-9-11-27(12-10-26)21-18(22(30)28-8-4-6-16(2)20(28)25-21)14-19-23(31)29(24(33)34-19)15-17-7-5-13-32-17/h4,6,8,14,17H,3,5,7,9-13,15H2,1-2H3/b19-14+/t17-/m1/s1. The topological polar surface area (TPSA) is 70.4 Å². The molecule has 10 heteroatoms. The summed E-state index contributed by atoms with van der Waals surface area (Å²) in [6, 6.07) is 3.80. The van der Waals surface area contributed by atoms with E-state index >= 15 is 0 Å². The van der Waals surface area contributed by atoms with Gasteiger partial charge in [-0.15, -0.1) is 0 Å². The van der Waals surface area contributed by atoms with Crippen molar-refractivity contribution >= 4 is 51.7 Å². The normalized spacial score (nSPS) is 23.1. The molecule has 180 valence electrons. The minimum atomic E-state index is -0.175. The number of anilines is 1. The van der Waals surface area contributed by atoms with Crippen molar-refractivity contribution in [1.29, 1.82) is 0 Å².